The summed E-state index contributed by atoms with van der Waals surface area (Å²) < 4.78 is 0. The third-order valence-corrected chi connectivity index (χ3v) is 3.31. The molecule has 0 radical (unpaired) electrons. The molecule has 0 atom stereocenters. The number of carbonyl (C=O) groups excluding carboxylic acids is 1. The molecule has 0 aliphatic heterocycles. The van der Waals surface area contributed by atoms with Gasteiger partial charge in [-0.05, 0) is 55.3 Å². The van der Waals surface area contributed by atoms with Crippen LogP contribution in [0.5, 0.6) is 0 Å². The Balaban J connectivity index is 2.53. The molecule has 4 nitrogen and oxygen atoms in total. The molecule has 0 aliphatic carbocycles. The van der Waals surface area contributed by atoms with E-state index in [1.54, 1.807) is 30.3 Å². The molecule has 0 spiro atoms. The quantitative estimate of drug-likeness (QED) is 0.566. The van der Waals surface area contributed by atoms with Crippen molar-refractivity contribution in [1.29, 1.82) is 0 Å². The van der Waals surface area contributed by atoms with Crippen LogP contribution in [0.2, 0.25) is 0 Å². The molecule has 0 fully saturated rings. The number of hydrogen-bond donors (Lipinski definition) is 3. The molecule has 0 heterocycles. The fourth-order valence-corrected chi connectivity index (χ4v) is 2.05. The Bertz CT molecular complexity index is 642. The van der Waals surface area contributed by atoms with Gasteiger partial charge in [0.15, 0.2) is 5.78 Å². The molecule has 2 rings (SSSR count). The van der Waals surface area contributed by atoms with Crippen molar-refractivity contribution >= 4 is 22.8 Å². The fraction of sp³-hybridized carbons (Fsp3) is 0.133. The molecule has 0 saturated carbocycles. The van der Waals surface area contributed by atoms with Crippen molar-refractivity contribution in [3.8, 4) is 0 Å². The molecule has 0 amide bonds. The van der Waals surface area contributed by atoms with Gasteiger partial charge < -0.3 is 17.2 Å². The summed E-state index contributed by atoms with van der Waals surface area (Å²) in [6, 6.07) is 8.36. The summed E-state index contributed by atoms with van der Waals surface area (Å²) in [5.74, 6) is -0.0976. The van der Waals surface area contributed by atoms with E-state index < -0.39 is 0 Å². The van der Waals surface area contributed by atoms with Crippen LogP contribution in [-0.4, -0.2) is 5.78 Å². The summed E-state index contributed by atoms with van der Waals surface area (Å²) >= 11 is 0. The zero-order chi connectivity index (χ0) is 14.2. The first kappa shape index (κ1) is 13.0. The normalized spacial score (nSPS) is 10.4. The van der Waals surface area contributed by atoms with E-state index in [0.717, 1.165) is 11.1 Å². The third-order valence-electron chi connectivity index (χ3n) is 3.31. The standard InChI is InChI=1S/C15H17N3O/c1-8-9(2)14(18)4-3-13(8)15(19)10-5-11(16)7-12(17)6-10/h3-7H,16-18H2,1-2H3. The number of benzene rings is 2. The van der Waals surface area contributed by atoms with Gasteiger partial charge in [0.05, 0.1) is 0 Å². The minimum Gasteiger partial charge on any atom is -0.399 e. The molecular weight excluding hydrogens is 238 g/mol. The second-order valence-electron chi connectivity index (χ2n) is 4.67. The molecule has 6 N–H and O–H groups in total. The molecule has 2 aromatic rings. The number of nitrogen functional groups attached to an aromatic ring is 3. The largest absolute Gasteiger partial charge is 0.399 e. The number of hydrogen-bond acceptors (Lipinski definition) is 4. The minimum absolute atomic E-state index is 0.0976. The Kier molecular flexibility index (Phi) is 3.17. The average molecular weight is 255 g/mol. The van der Waals surface area contributed by atoms with Crippen LogP contribution in [0.25, 0.3) is 0 Å². The Labute approximate surface area is 112 Å². The molecular formula is C15H17N3O. The van der Waals surface area contributed by atoms with Gasteiger partial charge in [-0.1, -0.05) is 0 Å². The van der Waals surface area contributed by atoms with Crippen LogP contribution >= 0.6 is 0 Å². The van der Waals surface area contributed by atoms with Crippen LogP contribution in [0.15, 0.2) is 30.3 Å². The molecule has 4 heteroatoms. The number of nitrogens with two attached hydrogens (primary N) is 3. The summed E-state index contributed by atoms with van der Waals surface area (Å²) in [6.45, 7) is 3.78. The van der Waals surface area contributed by atoms with Gasteiger partial charge in [0.1, 0.15) is 0 Å². The Morgan fingerprint density at radius 2 is 1.47 bits per heavy atom. The van der Waals surface area contributed by atoms with Crippen molar-refractivity contribution in [3.05, 3.63) is 52.6 Å². The van der Waals surface area contributed by atoms with Gasteiger partial charge in [0.25, 0.3) is 0 Å². The summed E-state index contributed by atoms with van der Waals surface area (Å²) in [7, 11) is 0. The lowest BCUT2D eigenvalue weighted by Crippen LogP contribution is -2.07. The molecule has 0 bridgehead atoms. The van der Waals surface area contributed by atoms with Gasteiger partial charge in [-0.3, -0.25) is 4.79 Å². The van der Waals surface area contributed by atoms with Crippen molar-refractivity contribution < 1.29 is 4.79 Å². The molecule has 19 heavy (non-hydrogen) atoms. The van der Waals surface area contributed by atoms with E-state index in [2.05, 4.69) is 0 Å². The summed E-state index contributed by atoms with van der Waals surface area (Å²) in [4.78, 5) is 12.5. The van der Waals surface area contributed by atoms with Crippen LogP contribution in [0.1, 0.15) is 27.0 Å². The smallest absolute Gasteiger partial charge is 0.193 e. The van der Waals surface area contributed by atoms with E-state index >= 15 is 0 Å². The first-order valence-corrected chi connectivity index (χ1v) is 5.96. The molecule has 0 saturated heterocycles. The highest BCUT2D eigenvalue weighted by atomic mass is 16.1. The lowest BCUT2D eigenvalue weighted by Gasteiger charge is -2.11. The zero-order valence-electron chi connectivity index (χ0n) is 11.0. The third kappa shape index (κ3) is 2.38. The van der Waals surface area contributed by atoms with Gasteiger partial charge >= 0.3 is 0 Å². The van der Waals surface area contributed by atoms with Crippen LogP contribution < -0.4 is 17.2 Å². The van der Waals surface area contributed by atoms with Crippen LogP contribution in [0, 0.1) is 13.8 Å². The number of ketones is 1. The predicted octanol–water partition coefficient (Wildman–Crippen LogP) is 2.28. The Morgan fingerprint density at radius 1 is 0.895 bits per heavy atom. The first-order chi connectivity index (χ1) is 8.90. The fourth-order valence-electron chi connectivity index (χ4n) is 2.05. The van der Waals surface area contributed by atoms with E-state index in [-0.39, 0.29) is 5.78 Å². The molecule has 98 valence electrons. The van der Waals surface area contributed by atoms with Gasteiger partial charge in [-0.2, -0.15) is 0 Å². The van der Waals surface area contributed by atoms with Gasteiger partial charge in [0.2, 0.25) is 0 Å². The van der Waals surface area contributed by atoms with Gasteiger partial charge in [-0.25, -0.2) is 0 Å². The Morgan fingerprint density at radius 3 is 2.05 bits per heavy atom. The summed E-state index contributed by atoms with van der Waals surface area (Å²) in [6.07, 6.45) is 0. The SMILES string of the molecule is Cc1c(N)ccc(C(=O)c2cc(N)cc(N)c2)c1C. The molecule has 0 aliphatic rings. The van der Waals surface area contributed by atoms with Crippen molar-refractivity contribution in [3.63, 3.8) is 0 Å². The number of rotatable bonds is 2. The summed E-state index contributed by atoms with van der Waals surface area (Å²) in [5, 5.41) is 0. The van der Waals surface area contributed by atoms with E-state index in [0.29, 0.717) is 28.2 Å². The van der Waals surface area contributed by atoms with Crippen LogP contribution in [0.4, 0.5) is 17.1 Å². The van der Waals surface area contributed by atoms with E-state index in [1.165, 1.54) is 0 Å². The van der Waals surface area contributed by atoms with Crippen molar-refractivity contribution in [2.24, 2.45) is 0 Å². The lowest BCUT2D eigenvalue weighted by molar-refractivity contribution is 0.103. The monoisotopic (exact) mass is 255 g/mol. The zero-order valence-corrected chi connectivity index (χ0v) is 11.0. The Hall–Kier alpha value is -2.49. The van der Waals surface area contributed by atoms with E-state index in [4.69, 9.17) is 17.2 Å². The van der Waals surface area contributed by atoms with Crippen LogP contribution in [0.3, 0.4) is 0 Å². The van der Waals surface area contributed by atoms with Gasteiger partial charge in [0, 0.05) is 28.2 Å². The van der Waals surface area contributed by atoms with Crippen molar-refractivity contribution in [2.45, 2.75) is 13.8 Å². The topological polar surface area (TPSA) is 95.1 Å². The van der Waals surface area contributed by atoms with Gasteiger partial charge in [-0.15, -0.1) is 0 Å². The lowest BCUT2D eigenvalue weighted by atomic mass is 9.95. The molecule has 2 aromatic carbocycles. The van der Waals surface area contributed by atoms with Crippen molar-refractivity contribution in [2.75, 3.05) is 17.2 Å². The maximum atomic E-state index is 12.5. The predicted molar refractivity (Wildman–Crippen MR) is 79.0 cm³/mol. The number of anilines is 3. The first-order valence-electron chi connectivity index (χ1n) is 5.96. The molecule has 0 aromatic heterocycles. The van der Waals surface area contributed by atoms with Crippen molar-refractivity contribution in [1.82, 2.24) is 0 Å². The molecule has 0 unspecified atom stereocenters. The highest BCUT2D eigenvalue weighted by molar-refractivity contribution is 6.11. The highest BCUT2D eigenvalue weighted by Gasteiger charge is 2.14. The highest BCUT2D eigenvalue weighted by Crippen LogP contribution is 2.23. The van der Waals surface area contributed by atoms with E-state index in [9.17, 15) is 4.79 Å². The summed E-state index contributed by atoms with van der Waals surface area (Å²) in [5.41, 5.74) is 21.8. The minimum atomic E-state index is -0.0976. The van der Waals surface area contributed by atoms with Crippen LogP contribution in [-0.2, 0) is 0 Å². The van der Waals surface area contributed by atoms with E-state index in [1.807, 2.05) is 13.8 Å². The number of carbonyl (C=O) groups is 1. The maximum absolute atomic E-state index is 12.5. The maximum Gasteiger partial charge on any atom is 0.193 e. The average Bonchev–Trinajstić information content (AvgIpc) is 2.34. The second-order valence-corrected chi connectivity index (χ2v) is 4.67. The second kappa shape index (κ2) is 4.65.